The molecule has 0 spiro atoms. The molecule has 0 saturated carbocycles. The first-order chi connectivity index (χ1) is 9.43. The molecule has 3 rings (SSSR count). The fourth-order valence-corrected chi connectivity index (χ4v) is 2.21. The Morgan fingerprint density at radius 3 is 2.74 bits per heavy atom. The van der Waals surface area contributed by atoms with Gasteiger partial charge in [-0.2, -0.15) is 0 Å². The fourth-order valence-electron chi connectivity index (χ4n) is 2.21. The number of benzene rings is 1. The molecule has 0 bridgehead atoms. The summed E-state index contributed by atoms with van der Waals surface area (Å²) in [6, 6.07) is 14.1. The van der Waals surface area contributed by atoms with Crippen LogP contribution >= 0.6 is 0 Å². The van der Waals surface area contributed by atoms with E-state index in [2.05, 4.69) is 22.1 Å². The van der Waals surface area contributed by atoms with E-state index in [0.29, 0.717) is 12.5 Å². The van der Waals surface area contributed by atoms with E-state index in [9.17, 15) is 0 Å². The van der Waals surface area contributed by atoms with Gasteiger partial charge < -0.3 is 4.74 Å². The summed E-state index contributed by atoms with van der Waals surface area (Å²) in [6.45, 7) is 1.46. The van der Waals surface area contributed by atoms with Crippen molar-refractivity contribution in [2.45, 2.75) is 19.4 Å². The van der Waals surface area contributed by atoms with Crippen LogP contribution in [0, 0.1) is 0 Å². The van der Waals surface area contributed by atoms with E-state index in [1.807, 2.05) is 30.3 Å². The highest BCUT2D eigenvalue weighted by Gasteiger charge is 2.14. The number of ether oxygens (including phenoxy) is 1. The first-order valence-corrected chi connectivity index (χ1v) is 6.59. The average Bonchev–Trinajstić information content (AvgIpc) is 3.01. The largest absolute Gasteiger partial charge is 0.472 e. The van der Waals surface area contributed by atoms with Crippen molar-refractivity contribution in [3.8, 4) is 5.88 Å². The molecule has 3 heteroatoms. The first kappa shape index (κ1) is 11.9. The minimum Gasteiger partial charge on any atom is -0.472 e. The third kappa shape index (κ3) is 2.81. The quantitative estimate of drug-likeness (QED) is 0.837. The maximum atomic E-state index is 5.84. The van der Waals surface area contributed by atoms with Gasteiger partial charge in [0.1, 0.15) is 6.61 Å². The lowest BCUT2D eigenvalue weighted by Gasteiger charge is -2.10. The van der Waals surface area contributed by atoms with Crippen LogP contribution in [0.1, 0.15) is 24.0 Å². The van der Waals surface area contributed by atoms with E-state index in [1.165, 1.54) is 0 Å². The average molecular weight is 252 g/mol. The molecule has 0 unspecified atom stereocenters. The van der Waals surface area contributed by atoms with Crippen molar-refractivity contribution in [2.75, 3.05) is 6.54 Å². The summed E-state index contributed by atoms with van der Waals surface area (Å²) in [5.74, 6) is 0.687. The van der Waals surface area contributed by atoms with Gasteiger partial charge in [-0.3, -0.25) is 4.99 Å². The lowest BCUT2D eigenvalue weighted by molar-refractivity contribution is 0.293. The molecule has 3 nitrogen and oxygen atoms in total. The lowest BCUT2D eigenvalue weighted by Crippen LogP contribution is -2.04. The highest BCUT2D eigenvalue weighted by molar-refractivity contribution is 6.03. The predicted molar refractivity (Wildman–Crippen MR) is 75.6 cm³/mol. The molecule has 1 aliphatic rings. The standard InChI is InChI=1S/C16H16N2O/c1-2-6-13(7-3-1)12-19-16-14(8-4-11-18-16)15-9-5-10-17-15/h1-4,6-8,11H,5,9-10,12H2. The van der Waals surface area contributed by atoms with Crippen molar-refractivity contribution in [2.24, 2.45) is 4.99 Å². The van der Waals surface area contributed by atoms with Gasteiger partial charge in [0, 0.05) is 18.5 Å². The molecule has 1 aromatic heterocycles. The summed E-state index contributed by atoms with van der Waals surface area (Å²) in [5.41, 5.74) is 3.31. The summed E-state index contributed by atoms with van der Waals surface area (Å²) in [5, 5.41) is 0. The third-order valence-corrected chi connectivity index (χ3v) is 3.17. The van der Waals surface area contributed by atoms with Crippen LogP contribution in [0.15, 0.2) is 53.7 Å². The van der Waals surface area contributed by atoms with Gasteiger partial charge in [-0.15, -0.1) is 0 Å². The second-order valence-electron chi connectivity index (χ2n) is 4.56. The molecular weight excluding hydrogens is 236 g/mol. The van der Waals surface area contributed by atoms with Gasteiger partial charge in [0.25, 0.3) is 0 Å². The fraction of sp³-hybridized carbons (Fsp3) is 0.250. The number of aromatic nitrogens is 1. The summed E-state index contributed by atoms with van der Waals surface area (Å²) >= 11 is 0. The molecule has 0 aliphatic carbocycles. The molecule has 0 fully saturated rings. The van der Waals surface area contributed by atoms with Crippen LogP contribution in [0.5, 0.6) is 5.88 Å². The second kappa shape index (κ2) is 5.65. The maximum Gasteiger partial charge on any atom is 0.222 e. The molecule has 19 heavy (non-hydrogen) atoms. The van der Waals surface area contributed by atoms with Gasteiger partial charge in [-0.1, -0.05) is 30.3 Å². The van der Waals surface area contributed by atoms with E-state index >= 15 is 0 Å². The Hall–Kier alpha value is -2.16. The Morgan fingerprint density at radius 1 is 1.05 bits per heavy atom. The number of aliphatic imine (C=N–C) groups is 1. The van der Waals surface area contributed by atoms with E-state index in [4.69, 9.17) is 4.74 Å². The highest BCUT2D eigenvalue weighted by atomic mass is 16.5. The SMILES string of the molecule is c1ccc(COc2ncccc2C2=NCCC2)cc1. The van der Waals surface area contributed by atoms with Crippen LogP contribution in [-0.2, 0) is 6.61 Å². The summed E-state index contributed by atoms with van der Waals surface area (Å²) in [4.78, 5) is 8.85. The molecule has 0 radical (unpaired) electrons. The van der Waals surface area contributed by atoms with E-state index < -0.39 is 0 Å². The van der Waals surface area contributed by atoms with Gasteiger partial charge >= 0.3 is 0 Å². The smallest absolute Gasteiger partial charge is 0.222 e. The molecule has 1 aromatic carbocycles. The number of pyridine rings is 1. The van der Waals surface area contributed by atoms with Crippen molar-refractivity contribution in [3.05, 3.63) is 59.8 Å². The van der Waals surface area contributed by atoms with Gasteiger partial charge in [0.2, 0.25) is 5.88 Å². The zero-order valence-electron chi connectivity index (χ0n) is 10.7. The molecule has 2 heterocycles. The molecule has 0 amide bonds. The lowest BCUT2D eigenvalue weighted by atomic mass is 10.1. The highest BCUT2D eigenvalue weighted by Crippen LogP contribution is 2.21. The van der Waals surface area contributed by atoms with E-state index in [-0.39, 0.29) is 0 Å². The molecule has 96 valence electrons. The number of hydrogen-bond donors (Lipinski definition) is 0. The molecule has 0 saturated heterocycles. The zero-order valence-corrected chi connectivity index (χ0v) is 10.7. The van der Waals surface area contributed by atoms with Crippen molar-refractivity contribution >= 4 is 5.71 Å². The van der Waals surface area contributed by atoms with Gasteiger partial charge in [0.15, 0.2) is 0 Å². The third-order valence-electron chi connectivity index (χ3n) is 3.17. The molecule has 0 atom stereocenters. The summed E-state index contributed by atoms with van der Waals surface area (Å²) in [7, 11) is 0. The number of hydrogen-bond acceptors (Lipinski definition) is 3. The maximum absolute atomic E-state index is 5.84. The minimum absolute atomic E-state index is 0.540. The van der Waals surface area contributed by atoms with E-state index in [1.54, 1.807) is 6.20 Å². The van der Waals surface area contributed by atoms with Crippen LogP contribution < -0.4 is 4.74 Å². The molecule has 0 N–H and O–H groups in total. The Kier molecular flexibility index (Phi) is 3.54. The zero-order chi connectivity index (χ0) is 12.9. The van der Waals surface area contributed by atoms with E-state index in [0.717, 1.165) is 36.2 Å². The minimum atomic E-state index is 0.540. The Morgan fingerprint density at radius 2 is 1.95 bits per heavy atom. The van der Waals surface area contributed by atoms with Crippen molar-refractivity contribution in [3.63, 3.8) is 0 Å². The summed E-state index contributed by atoms with van der Waals surface area (Å²) < 4.78 is 5.84. The van der Waals surface area contributed by atoms with Gasteiger partial charge in [-0.25, -0.2) is 4.98 Å². The van der Waals surface area contributed by atoms with Crippen LogP contribution in [0.3, 0.4) is 0 Å². The predicted octanol–water partition coefficient (Wildman–Crippen LogP) is 3.24. The summed E-state index contributed by atoms with van der Waals surface area (Å²) in [6.07, 6.45) is 3.91. The van der Waals surface area contributed by atoms with Gasteiger partial charge in [0.05, 0.1) is 5.56 Å². The molecular formula is C16H16N2O. The van der Waals surface area contributed by atoms with Crippen LogP contribution in [0.2, 0.25) is 0 Å². The van der Waals surface area contributed by atoms with Crippen molar-refractivity contribution in [1.29, 1.82) is 0 Å². The second-order valence-corrected chi connectivity index (χ2v) is 4.56. The van der Waals surface area contributed by atoms with Crippen LogP contribution in [-0.4, -0.2) is 17.2 Å². The normalized spacial score (nSPS) is 14.2. The number of rotatable bonds is 4. The Bertz CT molecular complexity index is 578. The number of nitrogens with zero attached hydrogens (tertiary/aromatic N) is 2. The van der Waals surface area contributed by atoms with Gasteiger partial charge in [-0.05, 0) is 30.5 Å². The molecule has 1 aliphatic heterocycles. The topological polar surface area (TPSA) is 34.5 Å². The molecule has 2 aromatic rings. The van der Waals surface area contributed by atoms with Crippen molar-refractivity contribution in [1.82, 2.24) is 4.98 Å². The Labute approximate surface area is 113 Å². The van der Waals surface area contributed by atoms with Crippen molar-refractivity contribution < 1.29 is 4.74 Å². The first-order valence-electron chi connectivity index (χ1n) is 6.59. The Balaban J connectivity index is 1.77. The van der Waals surface area contributed by atoms with Crippen LogP contribution in [0.4, 0.5) is 0 Å². The van der Waals surface area contributed by atoms with Crippen LogP contribution in [0.25, 0.3) is 0 Å². The monoisotopic (exact) mass is 252 g/mol.